The number of rotatable bonds is 7. The molecule has 0 saturated carbocycles. The van der Waals surface area contributed by atoms with Crippen molar-refractivity contribution in [2.24, 2.45) is 5.10 Å². The lowest BCUT2D eigenvalue weighted by atomic mass is 10.2. The smallest absolute Gasteiger partial charge is 0.250 e. The van der Waals surface area contributed by atoms with E-state index in [-0.39, 0.29) is 11.7 Å². The van der Waals surface area contributed by atoms with Crippen molar-refractivity contribution in [2.75, 3.05) is 5.75 Å². The summed E-state index contributed by atoms with van der Waals surface area (Å²) >= 11 is 25.3. The van der Waals surface area contributed by atoms with Crippen LogP contribution in [-0.4, -0.2) is 32.6 Å². The number of thioether (sulfide) groups is 1. The van der Waals surface area contributed by atoms with E-state index in [9.17, 15) is 4.79 Å². The molecule has 1 N–H and O–H groups in total. The van der Waals surface area contributed by atoms with Crippen LogP contribution in [0.15, 0.2) is 77.0 Å². The molecule has 0 aliphatic heterocycles. The Kier molecular flexibility index (Phi) is 8.13. The van der Waals surface area contributed by atoms with E-state index in [1.54, 1.807) is 42.5 Å². The second-order valence-corrected chi connectivity index (χ2v) is 9.53. The Morgan fingerprint density at radius 2 is 1.56 bits per heavy atom. The molecule has 1 amide bonds. The van der Waals surface area contributed by atoms with E-state index in [2.05, 4.69) is 20.7 Å². The molecule has 3 aromatic carbocycles. The highest BCUT2D eigenvalue weighted by Gasteiger charge is 2.17. The Balaban J connectivity index is 1.51. The standard InChI is InChI=1S/C23H15Cl4N5OS/c24-16-4-1-14(2-5-16)22-30-31-23(32(22)19-9-7-17(25)8-10-19)34-13-21(33)29-28-12-15-3-6-18(26)11-20(15)27/h1-12H,13H2,(H,29,33). The quantitative estimate of drug-likeness (QED) is 0.156. The van der Waals surface area contributed by atoms with Gasteiger partial charge in [-0.05, 0) is 60.7 Å². The van der Waals surface area contributed by atoms with Crippen LogP contribution in [0.4, 0.5) is 0 Å². The molecule has 0 unspecified atom stereocenters. The van der Waals surface area contributed by atoms with Crippen molar-refractivity contribution in [1.29, 1.82) is 0 Å². The minimum atomic E-state index is -0.315. The van der Waals surface area contributed by atoms with E-state index in [1.807, 2.05) is 28.8 Å². The Labute approximate surface area is 219 Å². The van der Waals surface area contributed by atoms with Gasteiger partial charge in [-0.15, -0.1) is 10.2 Å². The second-order valence-electron chi connectivity index (χ2n) is 6.87. The first kappa shape index (κ1) is 24.6. The van der Waals surface area contributed by atoms with Gasteiger partial charge in [0.1, 0.15) is 0 Å². The van der Waals surface area contributed by atoms with Gasteiger partial charge in [0.05, 0.1) is 17.0 Å². The predicted molar refractivity (Wildman–Crippen MR) is 140 cm³/mol. The molecule has 0 atom stereocenters. The van der Waals surface area contributed by atoms with Gasteiger partial charge < -0.3 is 0 Å². The molecule has 0 saturated heterocycles. The molecule has 0 radical (unpaired) electrons. The number of benzene rings is 3. The Morgan fingerprint density at radius 3 is 2.24 bits per heavy atom. The average Bonchev–Trinajstić information content (AvgIpc) is 3.24. The fourth-order valence-electron chi connectivity index (χ4n) is 2.91. The van der Waals surface area contributed by atoms with Gasteiger partial charge in [-0.1, -0.05) is 64.2 Å². The van der Waals surface area contributed by atoms with E-state index in [0.29, 0.717) is 36.6 Å². The molecule has 4 rings (SSSR count). The minimum Gasteiger partial charge on any atom is -0.272 e. The van der Waals surface area contributed by atoms with Crippen LogP contribution in [-0.2, 0) is 4.79 Å². The number of carbonyl (C=O) groups excluding carboxylic acids is 1. The number of amides is 1. The summed E-state index contributed by atoms with van der Waals surface area (Å²) in [6.45, 7) is 0. The number of aromatic nitrogens is 3. The Bertz CT molecular complexity index is 1340. The predicted octanol–water partition coefficient (Wildman–Crippen LogP) is 6.79. The monoisotopic (exact) mass is 549 g/mol. The van der Waals surface area contributed by atoms with Crippen molar-refractivity contribution >= 4 is 70.3 Å². The number of hydrazone groups is 1. The molecule has 0 spiro atoms. The number of hydrogen-bond donors (Lipinski definition) is 1. The summed E-state index contributed by atoms with van der Waals surface area (Å²) in [5.41, 5.74) is 4.75. The molecule has 0 fully saturated rings. The SMILES string of the molecule is O=C(CSc1nnc(-c2ccc(Cl)cc2)n1-c1ccc(Cl)cc1)NN=Cc1ccc(Cl)cc1Cl. The molecule has 11 heteroatoms. The number of nitrogens with one attached hydrogen (secondary N) is 1. The zero-order chi connectivity index (χ0) is 24.1. The molecule has 6 nitrogen and oxygen atoms in total. The molecule has 1 aromatic heterocycles. The summed E-state index contributed by atoms with van der Waals surface area (Å²) in [7, 11) is 0. The van der Waals surface area contributed by atoms with E-state index in [1.165, 1.54) is 18.0 Å². The minimum absolute atomic E-state index is 0.0675. The number of hydrogen-bond acceptors (Lipinski definition) is 5. The van der Waals surface area contributed by atoms with Gasteiger partial charge in [0.2, 0.25) is 0 Å². The van der Waals surface area contributed by atoms with Gasteiger partial charge in [-0.3, -0.25) is 9.36 Å². The van der Waals surface area contributed by atoms with Crippen LogP contribution in [0.3, 0.4) is 0 Å². The van der Waals surface area contributed by atoms with Crippen molar-refractivity contribution in [3.63, 3.8) is 0 Å². The van der Waals surface area contributed by atoms with Gasteiger partial charge in [0.15, 0.2) is 11.0 Å². The van der Waals surface area contributed by atoms with Gasteiger partial charge in [0, 0.05) is 31.9 Å². The molecule has 4 aromatic rings. The molecular weight excluding hydrogens is 536 g/mol. The van der Waals surface area contributed by atoms with Crippen molar-refractivity contribution in [3.8, 4) is 17.1 Å². The van der Waals surface area contributed by atoms with Crippen LogP contribution in [0, 0.1) is 0 Å². The Hall–Kier alpha value is -2.55. The second kappa shape index (κ2) is 11.3. The van der Waals surface area contributed by atoms with Crippen molar-refractivity contribution in [1.82, 2.24) is 20.2 Å². The van der Waals surface area contributed by atoms with Crippen molar-refractivity contribution < 1.29 is 4.79 Å². The number of carbonyl (C=O) groups is 1. The van der Waals surface area contributed by atoms with Crippen LogP contribution < -0.4 is 5.43 Å². The van der Waals surface area contributed by atoms with Crippen molar-refractivity contribution in [2.45, 2.75) is 5.16 Å². The average molecular weight is 551 g/mol. The zero-order valence-electron chi connectivity index (χ0n) is 17.3. The molecule has 172 valence electrons. The molecule has 34 heavy (non-hydrogen) atoms. The Morgan fingerprint density at radius 1 is 0.912 bits per heavy atom. The first-order valence-corrected chi connectivity index (χ1v) is 12.3. The lowest BCUT2D eigenvalue weighted by Gasteiger charge is -2.10. The highest BCUT2D eigenvalue weighted by atomic mass is 35.5. The third kappa shape index (κ3) is 6.11. The maximum atomic E-state index is 12.4. The largest absolute Gasteiger partial charge is 0.272 e. The maximum Gasteiger partial charge on any atom is 0.250 e. The summed E-state index contributed by atoms with van der Waals surface area (Å²) in [4.78, 5) is 12.4. The van der Waals surface area contributed by atoms with Crippen LogP contribution >= 0.6 is 58.2 Å². The van der Waals surface area contributed by atoms with Crippen LogP contribution in [0.2, 0.25) is 20.1 Å². The van der Waals surface area contributed by atoms with Gasteiger partial charge in [-0.2, -0.15) is 5.10 Å². The fraction of sp³-hybridized carbons (Fsp3) is 0.0435. The van der Waals surface area contributed by atoms with Gasteiger partial charge in [0.25, 0.3) is 5.91 Å². The van der Waals surface area contributed by atoms with E-state index < -0.39 is 0 Å². The fourth-order valence-corrected chi connectivity index (χ4v) is 4.37. The van der Waals surface area contributed by atoms with E-state index in [0.717, 1.165) is 11.3 Å². The maximum absolute atomic E-state index is 12.4. The lowest BCUT2D eigenvalue weighted by Crippen LogP contribution is -2.20. The highest BCUT2D eigenvalue weighted by molar-refractivity contribution is 7.99. The molecule has 0 bridgehead atoms. The number of halogens is 4. The van der Waals surface area contributed by atoms with Crippen LogP contribution in [0.25, 0.3) is 17.1 Å². The van der Waals surface area contributed by atoms with E-state index in [4.69, 9.17) is 46.4 Å². The summed E-state index contributed by atoms with van der Waals surface area (Å²) in [5, 5.41) is 15.3. The lowest BCUT2D eigenvalue weighted by molar-refractivity contribution is -0.118. The summed E-state index contributed by atoms with van der Waals surface area (Å²) in [5.74, 6) is 0.361. The molecule has 0 aliphatic rings. The summed E-state index contributed by atoms with van der Waals surface area (Å²) < 4.78 is 1.86. The topological polar surface area (TPSA) is 72.2 Å². The highest BCUT2D eigenvalue weighted by Crippen LogP contribution is 2.29. The normalized spacial score (nSPS) is 11.2. The first-order chi connectivity index (χ1) is 16.4. The third-order valence-electron chi connectivity index (χ3n) is 4.51. The molecule has 0 aliphatic carbocycles. The summed E-state index contributed by atoms with van der Waals surface area (Å²) in [6.07, 6.45) is 1.45. The van der Waals surface area contributed by atoms with Crippen molar-refractivity contribution in [3.05, 3.63) is 92.4 Å². The number of nitrogens with zero attached hydrogens (tertiary/aromatic N) is 4. The van der Waals surface area contributed by atoms with Gasteiger partial charge in [-0.25, -0.2) is 5.43 Å². The van der Waals surface area contributed by atoms with E-state index >= 15 is 0 Å². The van der Waals surface area contributed by atoms with Crippen LogP contribution in [0.5, 0.6) is 0 Å². The zero-order valence-corrected chi connectivity index (χ0v) is 21.1. The summed E-state index contributed by atoms with van der Waals surface area (Å²) in [6, 6.07) is 19.5. The molecular formula is C23H15Cl4N5OS. The molecule has 1 heterocycles. The van der Waals surface area contributed by atoms with Crippen LogP contribution in [0.1, 0.15) is 5.56 Å². The van der Waals surface area contributed by atoms with Gasteiger partial charge >= 0.3 is 0 Å². The first-order valence-electron chi connectivity index (χ1n) is 9.78. The third-order valence-corrected chi connectivity index (χ3v) is 6.50.